The van der Waals surface area contributed by atoms with Crippen LogP contribution in [0, 0.1) is 5.41 Å². The van der Waals surface area contributed by atoms with Gasteiger partial charge in [-0.2, -0.15) is 0 Å². The van der Waals surface area contributed by atoms with Crippen molar-refractivity contribution in [3.63, 3.8) is 0 Å². The molecule has 3 heterocycles. The molecule has 1 aromatic heterocycles. The van der Waals surface area contributed by atoms with E-state index in [1.54, 1.807) is 15.4 Å². The molecular formula is C25H31F4N5O2S. The van der Waals surface area contributed by atoms with Crippen LogP contribution in [-0.2, 0) is 10.0 Å². The highest BCUT2D eigenvalue weighted by Crippen LogP contribution is 2.57. The lowest BCUT2D eigenvalue weighted by Gasteiger charge is -2.59. The van der Waals surface area contributed by atoms with E-state index in [-0.39, 0.29) is 34.7 Å². The number of nitrogens with one attached hydrogen (secondary N) is 1. The first-order chi connectivity index (χ1) is 17.6. The quantitative estimate of drug-likeness (QED) is 0.500. The van der Waals surface area contributed by atoms with Gasteiger partial charge in [-0.25, -0.2) is 40.3 Å². The highest BCUT2D eigenvalue weighted by Gasteiger charge is 2.53. The second kappa shape index (κ2) is 9.30. The molecule has 0 radical (unpaired) electrons. The average Bonchev–Trinajstić information content (AvgIpc) is 3.65. The van der Waals surface area contributed by atoms with Crippen molar-refractivity contribution in [2.75, 3.05) is 38.0 Å². The minimum atomic E-state index is -3.18. The zero-order valence-electron chi connectivity index (χ0n) is 20.4. The van der Waals surface area contributed by atoms with Gasteiger partial charge in [-0.15, -0.1) is 0 Å². The summed E-state index contributed by atoms with van der Waals surface area (Å²) < 4.78 is 79.2. The van der Waals surface area contributed by atoms with Crippen molar-refractivity contribution in [2.24, 2.45) is 5.41 Å². The van der Waals surface area contributed by atoms with E-state index in [1.165, 1.54) is 12.1 Å². The summed E-state index contributed by atoms with van der Waals surface area (Å²) in [6, 6.07) is 2.99. The van der Waals surface area contributed by atoms with Crippen LogP contribution in [0.2, 0.25) is 0 Å². The van der Waals surface area contributed by atoms with Crippen LogP contribution in [0.3, 0.4) is 0 Å². The topological polar surface area (TPSA) is 78.4 Å². The molecule has 4 fully saturated rings. The molecule has 0 bridgehead atoms. The Kier molecular flexibility index (Phi) is 6.35. The molecular weight excluding hydrogens is 510 g/mol. The smallest absolute Gasteiger partial charge is 0.263 e. The molecule has 37 heavy (non-hydrogen) atoms. The summed E-state index contributed by atoms with van der Waals surface area (Å²) in [6.45, 7) is 1.94. The number of anilines is 1. The molecule has 1 aromatic carbocycles. The second-order valence-electron chi connectivity index (χ2n) is 11.3. The molecule has 7 nitrogen and oxygen atoms in total. The fourth-order valence-electron chi connectivity index (χ4n) is 6.41. The van der Waals surface area contributed by atoms with Crippen LogP contribution in [-0.4, -0.2) is 78.0 Å². The Morgan fingerprint density at radius 1 is 1.05 bits per heavy atom. The zero-order valence-corrected chi connectivity index (χ0v) is 21.2. The number of halogens is 4. The van der Waals surface area contributed by atoms with E-state index in [0.717, 1.165) is 31.2 Å². The first-order valence-electron chi connectivity index (χ1n) is 13.0. The largest absolute Gasteiger partial charge is 0.351 e. The summed E-state index contributed by atoms with van der Waals surface area (Å²) in [4.78, 5) is 10.8. The molecule has 0 atom stereocenters. The van der Waals surface area contributed by atoms with Crippen molar-refractivity contribution in [3.05, 3.63) is 29.5 Å². The van der Waals surface area contributed by atoms with Crippen LogP contribution in [0.1, 0.15) is 62.0 Å². The highest BCUT2D eigenvalue weighted by molar-refractivity contribution is 7.90. The van der Waals surface area contributed by atoms with E-state index >= 15 is 0 Å². The zero-order chi connectivity index (χ0) is 25.9. The van der Waals surface area contributed by atoms with Crippen molar-refractivity contribution < 1.29 is 26.0 Å². The number of benzene rings is 1. The van der Waals surface area contributed by atoms with Gasteiger partial charge in [-0.05, 0) is 67.6 Å². The number of alkyl halides is 4. The van der Waals surface area contributed by atoms with Gasteiger partial charge in [0, 0.05) is 49.4 Å². The van der Waals surface area contributed by atoms with Crippen LogP contribution in [0.5, 0.6) is 0 Å². The predicted octanol–water partition coefficient (Wildman–Crippen LogP) is 4.38. The number of hydrogen-bond acceptors (Lipinski definition) is 6. The normalized spacial score (nSPS) is 23.6. The van der Waals surface area contributed by atoms with E-state index in [4.69, 9.17) is 4.98 Å². The molecule has 0 amide bonds. The summed E-state index contributed by atoms with van der Waals surface area (Å²) in [6.07, 6.45) is 0.929. The Morgan fingerprint density at radius 2 is 1.76 bits per heavy atom. The maximum absolute atomic E-state index is 13.6. The van der Waals surface area contributed by atoms with Gasteiger partial charge < -0.3 is 5.32 Å². The monoisotopic (exact) mass is 541 g/mol. The number of likely N-dealkylation sites (tertiary alicyclic amines) is 1. The Labute approximate surface area is 213 Å². The van der Waals surface area contributed by atoms with Gasteiger partial charge >= 0.3 is 0 Å². The highest BCUT2D eigenvalue weighted by atomic mass is 32.2. The Hall–Kier alpha value is -2.05. The number of nitrogens with zero attached hydrogens (tertiary/aromatic N) is 4. The molecule has 2 saturated heterocycles. The Morgan fingerprint density at radius 3 is 2.38 bits per heavy atom. The van der Waals surface area contributed by atoms with E-state index in [0.29, 0.717) is 55.9 Å². The third-order valence-corrected chi connectivity index (χ3v) is 10.8. The lowest BCUT2D eigenvalue weighted by atomic mass is 9.56. The summed E-state index contributed by atoms with van der Waals surface area (Å²) in [5.74, 6) is 0.455. The molecule has 2 saturated carbocycles. The van der Waals surface area contributed by atoms with Gasteiger partial charge in [0.25, 0.3) is 12.9 Å². The van der Waals surface area contributed by atoms with Gasteiger partial charge in [0.1, 0.15) is 0 Å². The van der Waals surface area contributed by atoms with Crippen LogP contribution in [0.15, 0.2) is 18.3 Å². The van der Waals surface area contributed by atoms with E-state index in [9.17, 15) is 26.0 Å². The molecule has 2 aliphatic heterocycles. The number of rotatable bonds is 8. The minimum Gasteiger partial charge on any atom is -0.351 e. The summed E-state index contributed by atoms with van der Waals surface area (Å²) in [7, 11) is -3.18. The van der Waals surface area contributed by atoms with Crippen LogP contribution >= 0.6 is 0 Å². The van der Waals surface area contributed by atoms with Crippen molar-refractivity contribution in [1.29, 1.82) is 0 Å². The second-order valence-corrected chi connectivity index (χ2v) is 13.5. The number of hydrogen-bond donors (Lipinski definition) is 1. The Bertz CT molecular complexity index is 1270. The molecule has 4 aliphatic rings. The lowest BCUT2D eigenvalue weighted by Crippen LogP contribution is -2.62. The SMILES string of the molecule is O=S(=O)(C1CC1)N1CCC(Nc2ncc3cc(C(F)F)cc(C4CC5(C4)CN(CC(F)F)C5)c3n2)CC1. The summed E-state index contributed by atoms with van der Waals surface area (Å²) in [5, 5.41) is 3.66. The first kappa shape index (κ1) is 25.2. The van der Waals surface area contributed by atoms with Gasteiger partial charge in [0.05, 0.1) is 17.3 Å². The summed E-state index contributed by atoms with van der Waals surface area (Å²) >= 11 is 0. The molecule has 2 aliphatic carbocycles. The minimum absolute atomic E-state index is 0.00437. The van der Waals surface area contributed by atoms with Crippen molar-refractivity contribution in [1.82, 2.24) is 19.2 Å². The number of aromatic nitrogens is 2. The van der Waals surface area contributed by atoms with Crippen LogP contribution < -0.4 is 5.32 Å². The van der Waals surface area contributed by atoms with Gasteiger partial charge in [-0.3, -0.25) is 4.90 Å². The van der Waals surface area contributed by atoms with E-state index in [1.807, 2.05) is 0 Å². The summed E-state index contributed by atoms with van der Waals surface area (Å²) in [5.41, 5.74) is 1.33. The van der Waals surface area contributed by atoms with E-state index < -0.39 is 22.9 Å². The molecule has 12 heteroatoms. The van der Waals surface area contributed by atoms with Crippen LogP contribution in [0.4, 0.5) is 23.5 Å². The van der Waals surface area contributed by atoms with Gasteiger partial charge in [0.15, 0.2) is 0 Å². The average molecular weight is 542 g/mol. The molecule has 202 valence electrons. The van der Waals surface area contributed by atoms with E-state index in [2.05, 4.69) is 10.3 Å². The lowest BCUT2D eigenvalue weighted by molar-refractivity contribution is -0.0915. The van der Waals surface area contributed by atoms with Crippen molar-refractivity contribution in [2.45, 2.75) is 68.6 Å². The molecule has 0 unspecified atom stereocenters. The number of fused-ring (bicyclic) bond motifs is 1. The third kappa shape index (κ3) is 4.92. The maximum atomic E-state index is 13.6. The first-order valence-corrected chi connectivity index (χ1v) is 14.5. The Balaban J connectivity index is 1.16. The van der Waals surface area contributed by atoms with Gasteiger partial charge in [-0.1, -0.05) is 0 Å². The van der Waals surface area contributed by atoms with Gasteiger partial charge in [0.2, 0.25) is 16.0 Å². The molecule has 6 rings (SSSR count). The maximum Gasteiger partial charge on any atom is 0.263 e. The standard InChI is InChI=1S/C25H31F4N5O2S/c26-21(27)12-33-13-25(14-33)9-17(10-25)20-8-15(23(28)29)7-16-11-30-24(32-22(16)20)31-18-3-5-34(6-4-18)37(35,36)19-1-2-19/h7-8,11,17-19,21,23H,1-6,9-10,12-14H2,(H,30,31,32). The predicted molar refractivity (Wildman–Crippen MR) is 132 cm³/mol. The third-order valence-electron chi connectivity index (χ3n) is 8.39. The van der Waals surface area contributed by atoms with Crippen molar-refractivity contribution >= 4 is 26.9 Å². The number of sulfonamides is 1. The molecule has 1 spiro atoms. The number of piperidine rings is 1. The fourth-order valence-corrected chi connectivity index (χ4v) is 8.28. The molecule has 1 N–H and O–H groups in total. The molecule has 2 aromatic rings. The fraction of sp³-hybridized carbons (Fsp3) is 0.680. The van der Waals surface area contributed by atoms with Crippen LogP contribution in [0.25, 0.3) is 10.9 Å². The van der Waals surface area contributed by atoms with Crippen molar-refractivity contribution in [3.8, 4) is 0 Å².